The fourth-order valence-corrected chi connectivity index (χ4v) is 2.16. The Hall–Kier alpha value is -0.300. The first-order valence-corrected chi connectivity index (χ1v) is 5.33. The van der Waals surface area contributed by atoms with Crippen molar-refractivity contribution in [3.63, 3.8) is 0 Å². The summed E-state index contributed by atoms with van der Waals surface area (Å²) in [6, 6.07) is 0. The predicted octanol–water partition coefficient (Wildman–Crippen LogP) is 3.40. The van der Waals surface area contributed by atoms with Gasteiger partial charge in [0.1, 0.15) is 0 Å². The van der Waals surface area contributed by atoms with E-state index in [4.69, 9.17) is 4.74 Å². The van der Waals surface area contributed by atoms with Crippen LogP contribution in [-0.2, 0) is 4.74 Å². The van der Waals surface area contributed by atoms with Gasteiger partial charge in [-0.25, -0.2) is 0 Å². The molecule has 0 radical (unpaired) electrons. The predicted molar refractivity (Wildman–Crippen MR) is 56.7 cm³/mol. The van der Waals surface area contributed by atoms with E-state index in [-0.39, 0.29) is 0 Å². The average Bonchev–Trinajstić information content (AvgIpc) is 2.03. The van der Waals surface area contributed by atoms with Gasteiger partial charge in [-0.1, -0.05) is 26.0 Å². The van der Waals surface area contributed by atoms with Gasteiger partial charge in [0.2, 0.25) is 0 Å². The zero-order chi connectivity index (χ0) is 10.0. The van der Waals surface area contributed by atoms with Gasteiger partial charge in [0.25, 0.3) is 0 Å². The first-order valence-electron chi connectivity index (χ1n) is 5.33. The molecule has 0 spiro atoms. The fraction of sp³-hybridized carbons (Fsp3) is 0.833. The van der Waals surface area contributed by atoms with Crippen molar-refractivity contribution in [2.45, 2.75) is 52.7 Å². The van der Waals surface area contributed by atoms with Crippen LogP contribution in [0, 0.1) is 11.8 Å². The second-order valence-corrected chi connectivity index (χ2v) is 4.69. The molecule has 1 rings (SSSR count). The van der Waals surface area contributed by atoms with Gasteiger partial charge in [0, 0.05) is 5.92 Å². The molecule has 0 N–H and O–H groups in total. The van der Waals surface area contributed by atoms with Gasteiger partial charge >= 0.3 is 0 Å². The van der Waals surface area contributed by atoms with Crippen LogP contribution in [0.25, 0.3) is 0 Å². The maximum absolute atomic E-state index is 5.96. The summed E-state index contributed by atoms with van der Waals surface area (Å²) in [5.74, 6) is 1.18. The first kappa shape index (κ1) is 10.8. The molecule has 0 amide bonds. The maximum Gasteiger partial charge on any atom is 0.0666 e. The molecule has 0 aromatic heterocycles. The third-order valence-corrected chi connectivity index (χ3v) is 2.96. The van der Waals surface area contributed by atoms with Crippen LogP contribution in [0.3, 0.4) is 0 Å². The molecule has 3 atom stereocenters. The molecule has 3 unspecified atom stereocenters. The molecule has 1 saturated heterocycles. The van der Waals surface area contributed by atoms with Crippen LogP contribution in [0.2, 0.25) is 0 Å². The number of ether oxygens (including phenoxy) is 1. The van der Waals surface area contributed by atoms with Crippen molar-refractivity contribution in [2.75, 3.05) is 0 Å². The smallest absolute Gasteiger partial charge is 0.0666 e. The Kier molecular flexibility index (Phi) is 3.55. The number of hydrogen-bond donors (Lipinski definition) is 0. The molecule has 1 aliphatic rings. The van der Waals surface area contributed by atoms with Gasteiger partial charge in [-0.2, -0.15) is 0 Å². The fourth-order valence-electron chi connectivity index (χ4n) is 2.16. The van der Waals surface area contributed by atoms with Gasteiger partial charge in [0.05, 0.1) is 12.2 Å². The van der Waals surface area contributed by atoms with E-state index in [1.54, 1.807) is 0 Å². The van der Waals surface area contributed by atoms with E-state index in [1.807, 2.05) is 0 Å². The largest absolute Gasteiger partial charge is 0.374 e. The standard InChI is InChI=1S/C12H22O/c1-8(2)11-7-6-10(5)13-12(11)9(3)4/h9-12H,1,6-7H2,2-5H3. The van der Waals surface area contributed by atoms with E-state index in [2.05, 4.69) is 34.3 Å². The van der Waals surface area contributed by atoms with Crippen LogP contribution in [0.4, 0.5) is 0 Å². The summed E-state index contributed by atoms with van der Waals surface area (Å²) in [6.07, 6.45) is 3.25. The summed E-state index contributed by atoms with van der Waals surface area (Å²) in [5.41, 5.74) is 1.28. The molecule has 0 aliphatic carbocycles. The van der Waals surface area contributed by atoms with Crippen molar-refractivity contribution in [1.29, 1.82) is 0 Å². The second-order valence-electron chi connectivity index (χ2n) is 4.69. The summed E-state index contributed by atoms with van der Waals surface area (Å²) < 4.78 is 5.96. The van der Waals surface area contributed by atoms with Crippen molar-refractivity contribution in [1.82, 2.24) is 0 Å². The molecule has 13 heavy (non-hydrogen) atoms. The summed E-state index contributed by atoms with van der Waals surface area (Å²) in [6.45, 7) is 12.8. The monoisotopic (exact) mass is 182 g/mol. The van der Waals surface area contributed by atoms with Crippen molar-refractivity contribution in [3.8, 4) is 0 Å². The van der Waals surface area contributed by atoms with Crippen LogP contribution in [0.1, 0.15) is 40.5 Å². The zero-order valence-electron chi connectivity index (χ0n) is 9.34. The lowest BCUT2D eigenvalue weighted by atomic mass is 9.82. The van der Waals surface area contributed by atoms with Crippen LogP contribution < -0.4 is 0 Å². The third-order valence-electron chi connectivity index (χ3n) is 2.96. The van der Waals surface area contributed by atoms with Crippen molar-refractivity contribution >= 4 is 0 Å². The molecular weight excluding hydrogens is 160 g/mol. The molecule has 1 heteroatoms. The number of hydrogen-bond acceptors (Lipinski definition) is 1. The maximum atomic E-state index is 5.96. The Morgan fingerprint density at radius 2 is 2.00 bits per heavy atom. The Morgan fingerprint density at radius 3 is 2.46 bits per heavy atom. The van der Waals surface area contributed by atoms with Crippen LogP contribution in [0.15, 0.2) is 12.2 Å². The molecule has 1 fully saturated rings. The molecule has 1 nitrogen and oxygen atoms in total. The topological polar surface area (TPSA) is 9.23 Å². The molecule has 0 bridgehead atoms. The highest BCUT2D eigenvalue weighted by atomic mass is 16.5. The lowest BCUT2D eigenvalue weighted by Gasteiger charge is -2.38. The Labute approximate surface area is 82.2 Å². The second kappa shape index (κ2) is 4.28. The normalized spacial score (nSPS) is 35.0. The highest BCUT2D eigenvalue weighted by Gasteiger charge is 2.31. The van der Waals surface area contributed by atoms with E-state index in [1.165, 1.54) is 18.4 Å². The van der Waals surface area contributed by atoms with Crippen molar-refractivity contribution in [3.05, 3.63) is 12.2 Å². The van der Waals surface area contributed by atoms with E-state index < -0.39 is 0 Å². The van der Waals surface area contributed by atoms with E-state index >= 15 is 0 Å². The molecule has 1 heterocycles. The Morgan fingerprint density at radius 1 is 1.38 bits per heavy atom. The molecular formula is C12H22O. The van der Waals surface area contributed by atoms with Crippen LogP contribution in [-0.4, -0.2) is 12.2 Å². The van der Waals surface area contributed by atoms with Crippen LogP contribution in [0.5, 0.6) is 0 Å². The van der Waals surface area contributed by atoms with Crippen molar-refractivity contribution in [2.24, 2.45) is 11.8 Å². The third kappa shape index (κ3) is 2.57. The van der Waals surface area contributed by atoms with E-state index in [0.717, 1.165) is 0 Å². The first-order chi connectivity index (χ1) is 6.02. The molecule has 0 aromatic carbocycles. The van der Waals surface area contributed by atoms with Gasteiger partial charge in [-0.3, -0.25) is 0 Å². The van der Waals surface area contributed by atoms with E-state index in [9.17, 15) is 0 Å². The minimum atomic E-state index is 0.390. The zero-order valence-corrected chi connectivity index (χ0v) is 9.34. The summed E-state index contributed by atoms with van der Waals surface area (Å²) in [4.78, 5) is 0. The van der Waals surface area contributed by atoms with Gasteiger partial charge in [0.15, 0.2) is 0 Å². The molecule has 1 aliphatic heterocycles. The van der Waals surface area contributed by atoms with E-state index in [0.29, 0.717) is 24.0 Å². The Balaban J connectivity index is 2.66. The number of rotatable bonds is 2. The molecule has 0 saturated carbocycles. The van der Waals surface area contributed by atoms with Gasteiger partial charge < -0.3 is 4.74 Å². The van der Waals surface area contributed by atoms with Gasteiger partial charge in [-0.05, 0) is 32.6 Å². The Bertz CT molecular complexity index is 184. The SMILES string of the molecule is C=C(C)C1CCC(C)OC1C(C)C. The molecule has 0 aromatic rings. The molecule has 76 valence electrons. The lowest BCUT2D eigenvalue weighted by Crippen LogP contribution is -2.37. The highest BCUT2D eigenvalue weighted by molar-refractivity contribution is 5.02. The van der Waals surface area contributed by atoms with Crippen molar-refractivity contribution < 1.29 is 4.74 Å². The highest BCUT2D eigenvalue weighted by Crippen LogP contribution is 2.33. The summed E-state index contributed by atoms with van der Waals surface area (Å²) >= 11 is 0. The van der Waals surface area contributed by atoms with Crippen LogP contribution >= 0.6 is 0 Å². The summed E-state index contributed by atoms with van der Waals surface area (Å²) in [7, 11) is 0. The minimum absolute atomic E-state index is 0.390. The quantitative estimate of drug-likeness (QED) is 0.595. The minimum Gasteiger partial charge on any atom is -0.374 e. The van der Waals surface area contributed by atoms with Gasteiger partial charge in [-0.15, -0.1) is 0 Å². The summed E-state index contributed by atoms with van der Waals surface area (Å²) in [5, 5.41) is 0. The lowest BCUT2D eigenvalue weighted by molar-refractivity contribution is -0.0864. The average molecular weight is 182 g/mol.